The largest absolute Gasteiger partial charge is 0.344 e. The number of rotatable bonds is 14. The fourth-order valence-corrected chi connectivity index (χ4v) is 3.78. The van der Waals surface area contributed by atoms with Crippen LogP contribution in [0.25, 0.3) is 0 Å². The first-order valence-electron chi connectivity index (χ1n) is 12.0. The summed E-state index contributed by atoms with van der Waals surface area (Å²) in [5.74, 6) is 0.129. The molecule has 1 heterocycles. The van der Waals surface area contributed by atoms with Crippen molar-refractivity contribution < 1.29 is 14.4 Å². The van der Waals surface area contributed by atoms with E-state index in [1.807, 2.05) is 18.7 Å². The Bertz CT molecular complexity index is 517. The zero-order chi connectivity index (χ0) is 22.4. The maximum Gasteiger partial charge on any atom is 0.245 e. The lowest BCUT2D eigenvalue weighted by Crippen LogP contribution is -2.57. The van der Waals surface area contributed by atoms with Crippen LogP contribution in [-0.2, 0) is 14.4 Å². The van der Waals surface area contributed by atoms with Crippen molar-refractivity contribution in [2.24, 2.45) is 11.7 Å². The van der Waals surface area contributed by atoms with Crippen molar-refractivity contribution >= 4 is 17.7 Å². The van der Waals surface area contributed by atoms with Crippen LogP contribution in [0.5, 0.6) is 0 Å². The predicted octanol–water partition coefficient (Wildman–Crippen LogP) is 2.68. The van der Waals surface area contributed by atoms with E-state index < -0.39 is 6.04 Å². The number of carbonyl (C=O) groups is 3. The number of hydrogen-bond donors (Lipinski definition) is 2. The molecule has 1 atom stereocenters. The van der Waals surface area contributed by atoms with Crippen LogP contribution in [0.1, 0.15) is 85.0 Å². The predicted molar refractivity (Wildman–Crippen MR) is 121 cm³/mol. The van der Waals surface area contributed by atoms with Crippen LogP contribution in [0, 0.1) is 5.92 Å². The standard InChI is InChI=1S/C23H44N4O3/c1-4-5-6-7-9-12-20(28)25-22(19(2)3)23(30)27-17-15-26(16-18-27)21(29)13-10-8-11-14-24/h19,22H,4-18,24H2,1-3H3,(H,25,28). The zero-order valence-electron chi connectivity index (χ0n) is 19.5. The summed E-state index contributed by atoms with van der Waals surface area (Å²) in [7, 11) is 0. The van der Waals surface area contributed by atoms with Gasteiger partial charge in [-0.1, -0.05) is 52.9 Å². The third-order valence-corrected chi connectivity index (χ3v) is 5.80. The Labute approximate surface area is 183 Å². The van der Waals surface area contributed by atoms with Crippen LogP contribution < -0.4 is 11.1 Å². The molecule has 0 aromatic rings. The minimum atomic E-state index is -0.494. The van der Waals surface area contributed by atoms with Gasteiger partial charge in [0.15, 0.2) is 0 Å². The Hall–Kier alpha value is -1.63. The fourth-order valence-electron chi connectivity index (χ4n) is 3.78. The van der Waals surface area contributed by atoms with Crippen LogP contribution in [0.2, 0.25) is 0 Å². The average Bonchev–Trinajstić information content (AvgIpc) is 2.74. The summed E-state index contributed by atoms with van der Waals surface area (Å²) in [6.45, 7) is 8.96. The lowest BCUT2D eigenvalue weighted by atomic mass is 10.0. The normalized spacial score (nSPS) is 15.4. The molecule has 7 nitrogen and oxygen atoms in total. The summed E-state index contributed by atoms with van der Waals surface area (Å²) in [4.78, 5) is 41.3. The van der Waals surface area contributed by atoms with E-state index in [-0.39, 0.29) is 23.6 Å². The van der Waals surface area contributed by atoms with Crippen molar-refractivity contribution in [2.45, 2.75) is 91.0 Å². The van der Waals surface area contributed by atoms with E-state index in [1.54, 1.807) is 4.90 Å². The Balaban J connectivity index is 2.42. The van der Waals surface area contributed by atoms with Gasteiger partial charge in [-0.05, 0) is 31.7 Å². The monoisotopic (exact) mass is 424 g/mol. The van der Waals surface area contributed by atoms with Crippen molar-refractivity contribution in [2.75, 3.05) is 32.7 Å². The Morgan fingerprint density at radius 3 is 2.00 bits per heavy atom. The molecule has 3 amide bonds. The van der Waals surface area contributed by atoms with Crippen LogP contribution >= 0.6 is 0 Å². The highest BCUT2D eigenvalue weighted by Gasteiger charge is 2.31. The molecule has 1 aliphatic heterocycles. The van der Waals surface area contributed by atoms with Gasteiger partial charge in [0.05, 0.1) is 0 Å². The number of nitrogens with zero attached hydrogens (tertiary/aromatic N) is 2. The molecule has 0 aliphatic carbocycles. The van der Waals surface area contributed by atoms with Gasteiger partial charge in [-0.2, -0.15) is 0 Å². The van der Waals surface area contributed by atoms with E-state index in [0.29, 0.717) is 45.6 Å². The SMILES string of the molecule is CCCCCCCC(=O)NC(C(=O)N1CCN(C(=O)CCCCCN)CC1)C(C)C. The van der Waals surface area contributed by atoms with Gasteiger partial charge < -0.3 is 20.9 Å². The van der Waals surface area contributed by atoms with Crippen molar-refractivity contribution in [1.29, 1.82) is 0 Å². The number of carbonyl (C=O) groups excluding carboxylic acids is 3. The molecule has 1 saturated heterocycles. The molecular formula is C23H44N4O3. The van der Waals surface area contributed by atoms with Gasteiger partial charge in [0, 0.05) is 39.0 Å². The van der Waals surface area contributed by atoms with Gasteiger partial charge in [-0.25, -0.2) is 0 Å². The summed E-state index contributed by atoms with van der Waals surface area (Å²) in [5, 5.41) is 2.96. The average molecular weight is 425 g/mol. The third kappa shape index (κ3) is 9.92. The highest BCUT2D eigenvalue weighted by molar-refractivity contribution is 5.88. The van der Waals surface area contributed by atoms with Crippen LogP contribution in [-0.4, -0.2) is 66.3 Å². The van der Waals surface area contributed by atoms with E-state index in [9.17, 15) is 14.4 Å². The second-order valence-electron chi connectivity index (χ2n) is 8.76. The molecule has 7 heteroatoms. The van der Waals surface area contributed by atoms with Crippen LogP contribution in [0.15, 0.2) is 0 Å². The summed E-state index contributed by atoms with van der Waals surface area (Å²) in [6, 6.07) is -0.494. The number of amides is 3. The van der Waals surface area contributed by atoms with E-state index in [1.165, 1.54) is 12.8 Å². The summed E-state index contributed by atoms with van der Waals surface area (Å²) in [5.41, 5.74) is 5.49. The van der Waals surface area contributed by atoms with Crippen molar-refractivity contribution in [1.82, 2.24) is 15.1 Å². The summed E-state index contributed by atoms with van der Waals surface area (Å²) < 4.78 is 0. The van der Waals surface area contributed by atoms with Gasteiger partial charge in [-0.15, -0.1) is 0 Å². The third-order valence-electron chi connectivity index (χ3n) is 5.80. The molecule has 0 radical (unpaired) electrons. The van der Waals surface area contributed by atoms with E-state index in [4.69, 9.17) is 5.73 Å². The minimum absolute atomic E-state index is 0.0284. The first kappa shape index (κ1) is 26.4. The van der Waals surface area contributed by atoms with Gasteiger partial charge in [0.2, 0.25) is 17.7 Å². The molecule has 0 aromatic carbocycles. The molecule has 1 aliphatic rings. The number of nitrogens with two attached hydrogens (primary N) is 1. The molecule has 1 rings (SSSR count). The molecule has 0 spiro atoms. The Morgan fingerprint density at radius 2 is 1.40 bits per heavy atom. The number of nitrogens with one attached hydrogen (secondary N) is 1. The van der Waals surface area contributed by atoms with Gasteiger partial charge in [-0.3, -0.25) is 14.4 Å². The van der Waals surface area contributed by atoms with E-state index in [0.717, 1.165) is 38.5 Å². The van der Waals surface area contributed by atoms with Gasteiger partial charge in [0.1, 0.15) is 6.04 Å². The van der Waals surface area contributed by atoms with Gasteiger partial charge in [0.25, 0.3) is 0 Å². The maximum absolute atomic E-state index is 13.0. The molecule has 0 aromatic heterocycles. The smallest absolute Gasteiger partial charge is 0.245 e. The molecule has 0 bridgehead atoms. The quantitative estimate of drug-likeness (QED) is 0.419. The highest BCUT2D eigenvalue weighted by atomic mass is 16.2. The molecule has 1 fully saturated rings. The highest BCUT2D eigenvalue weighted by Crippen LogP contribution is 2.12. The molecular weight excluding hydrogens is 380 g/mol. The number of piperazine rings is 1. The fraction of sp³-hybridized carbons (Fsp3) is 0.870. The van der Waals surface area contributed by atoms with Crippen LogP contribution in [0.3, 0.4) is 0 Å². The molecule has 1 unspecified atom stereocenters. The topological polar surface area (TPSA) is 95.7 Å². The van der Waals surface area contributed by atoms with E-state index >= 15 is 0 Å². The second-order valence-corrected chi connectivity index (χ2v) is 8.76. The van der Waals surface area contributed by atoms with Gasteiger partial charge >= 0.3 is 0 Å². The molecule has 174 valence electrons. The number of unbranched alkanes of at least 4 members (excludes halogenated alkanes) is 6. The maximum atomic E-state index is 13.0. The van der Waals surface area contributed by atoms with Crippen LogP contribution in [0.4, 0.5) is 0 Å². The lowest BCUT2D eigenvalue weighted by molar-refractivity contribution is -0.142. The first-order valence-corrected chi connectivity index (χ1v) is 12.0. The van der Waals surface area contributed by atoms with E-state index in [2.05, 4.69) is 12.2 Å². The zero-order valence-corrected chi connectivity index (χ0v) is 19.5. The summed E-state index contributed by atoms with van der Waals surface area (Å²) in [6.07, 6.45) is 9.32. The Morgan fingerprint density at radius 1 is 0.833 bits per heavy atom. The lowest BCUT2D eigenvalue weighted by Gasteiger charge is -2.37. The van der Waals surface area contributed by atoms with Crippen molar-refractivity contribution in [3.8, 4) is 0 Å². The molecule has 30 heavy (non-hydrogen) atoms. The second kappa shape index (κ2) is 15.2. The Kier molecular flexibility index (Phi) is 13.4. The number of hydrogen-bond acceptors (Lipinski definition) is 4. The van der Waals surface area contributed by atoms with Crippen molar-refractivity contribution in [3.05, 3.63) is 0 Å². The summed E-state index contributed by atoms with van der Waals surface area (Å²) >= 11 is 0. The van der Waals surface area contributed by atoms with Crippen molar-refractivity contribution in [3.63, 3.8) is 0 Å². The molecule has 0 saturated carbocycles. The minimum Gasteiger partial charge on any atom is -0.344 e. The first-order chi connectivity index (χ1) is 14.4. The molecule has 3 N–H and O–H groups in total.